The van der Waals surface area contributed by atoms with E-state index in [1.54, 1.807) is 6.20 Å². The van der Waals surface area contributed by atoms with E-state index in [0.29, 0.717) is 23.1 Å². The molecule has 7 heteroatoms. The molecule has 0 aliphatic rings. The molecule has 4 rings (SSSR count). The first kappa shape index (κ1) is 20.7. The largest absolute Gasteiger partial charge is 0.310 e. The molecule has 0 unspecified atom stereocenters. The number of aromatic nitrogens is 4. The zero-order valence-corrected chi connectivity index (χ0v) is 17.8. The van der Waals surface area contributed by atoms with Gasteiger partial charge in [0.15, 0.2) is 0 Å². The fourth-order valence-corrected chi connectivity index (χ4v) is 3.73. The number of carbonyl (C=O) groups is 1. The van der Waals surface area contributed by atoms with Crippen LogP contribution in [0, 0.1) is 6.92 Å². The van der Waals surface area contributed by atoms with Crippen molar-refractivity contribution in [1.29, 1.82) is 0 Å². The molecule has 31 heavy (non-hydrogen) atoms. The van der Waals surface area contributed by atoms with E-state index in [1.807, 2.05) is 79.7 Å². The average Bonchev–Trinajstić information content (AvgIpc) is 2.82. The van der Waals surface area contributed by atoms with E-state index >= 15 is 0 Å². The van der Waals surface area contributed by atoms with Gasteiger partial charge in [-0.3, -0.25) is 4.79 Å². The Kier molecular flexibility index (Phi) is 6.64. The number of thioether (sulfide) groups is 1. The number of amides is 1. The molecule has 0 aliphatic carbocycles. The zero-order valence-electron chi connectivity index (χ0n) is 17.0. The van der Waals surface area contributed by atoms with E-state index < -0.39 is 0 Å². The lowest BCUT2D eigenvalue weighted by atomic mass is 10.0. The normalized spacial score (nSPS) is 10.6. The summed E-state index contributed by atoms with van der Waals surface area (Å²) in [7, 11) is 0. The molecule has 0 bridgehead atoms. The molecule has 0 saturated heterocycles. The molecule has 6 nitrogen and oxygen atoms in total. The lowest BCUT2D eigenvalue weighted by Gasteiger charge is -2.09. The molecule has 0 saturated carbocycles. The van der Waals surface area contributed by atoms with Crippen molar-refractivity contribution in [3.05, 3.63) is 84.6 Å². The van der Waals surface area contributed by atoms with Crippen LogP contribution in [0.25, 0.3) is 22.5 Å². The van der Waals surface area contributed by atoms with Gasteiger partial charge in [-0.1, -0.05) is 78.5 Å². The highest BCUT2D eigenvalue weighted by Gasteiger charge is 2.14. The van der Waals surface area contributed by atoms with E-state index in [0.717, 1.165) is 28.1 Å². The van der Waals surface area contributed by atoms with Crippen LogP contribution in [0.4, 0.5) is 5.82 Å². The van der Waals surface area contributed by atoms with Crippen molar-refractivity contribution in [2.24, 2.45) is 0 Å². The molecule has 4 aromatic rings. The third-order valence-electron chi connectivity index (χ3n) is 4.59. The molecule has 1 N–H and O–H groups in total. The first-order valence-electron chi connectivity index (χ1n) is 9.90. The molecule has 0 radical (unpaired) electrons. The number of nitrogens with zero attached hydrogens (tertiary/aromatic N) is 4. The number of hydrogen-bond donors (Lipinski definition) is 1. The smallest absolute Gasteiger partial charge is 0.226 e. The molecular weight excluding hydrogens is 406 g/mol. The second kappa shape index (κ2) is 9.95. The summed E-state index contributed by atoms with van der Waals surface area (Å²) in [5.41, 5.74) is 4.38. The maximum Gasteiger partial charge on any atom is 0.226 e. The highest BCUT2D eigenvalue weighted by Crippen LogP contribution is 2.29. The standard InChI is InChI=1S/C24H21N5OS/c1-17-9-8-15-25-23(17)26-20(30)14-16-31-24-27-21(18-10-4-2-5-11-18)22(28-29-24)19-12-6-3-7-13-19/h2-13,15H,14,16H2,1H3,(H,25,26,30). The van der Waals surface area contributed by atoms with Gasteiger partial charge >= 0.3 is 0 Å². The Morgan fingerprint density at radius 1 is 0.871 bits per heavy atom. The predicted octanol–water partition coefficient (Wildman–Crippen LogP) is 5.03. The highest BCUT2D eigenvalue weighted by atomic mass is 32.2. The minimum atomic E-state index is -0.0913. The van der Waals surface area contributed by atoms with Crippen molar-refractivity contribution < 1.29 is 4.79 Å². The average molecular weight is 428 g/mol. The Balaban J connectivity index is 1.48. The number of hydrogen-bond acceptors (Lipinski definition) is 6. The fourth-order valence-electron chi connectivity index (χ4n) is 3.01. The van der Waals surface area contributed by atoms with E-state index in [2.05, 4.69) is 20.5 Å². The van der Waals surface area contributed by atoms with Crippen molar-refractivity contribution in [2.45, 2.75) is 18.5 Å². The molecule has 2 heterocycles. The van der Waals surface area contributed by atoms with Gasteiger partial charge in [0.05, 0.1) is 0 Å². The van der Waals surface area contributed by atoms with E-state index in [-0.39, 0.29) is 5.91 Å². The summed E-state index contributed by atoms with van der Waals surface area (Å²) in [6, 6.07) is 23.6. The first-order valence-corrected chi connectivity index (χ1v) is 10.9. The zero-order chi connectivity index (χ0) is 21.5. The van der Waals surface area contributed by atoms with Gasteiger partial charge in [0.2, 0.25) is 11.1 Å². The first-order chi connectivity index (χ1) is 15.2. The van der Waals surface area contributed by atoms with Crippen LogP contribution in [0.2, 0.25) is 0 Å². The van der Waals surface area contributed by atoms with Crippen LogP contribution in [-0.2, 0) is 4.79 Å². The minimum absolute atomic E-state index is 0.0913. The topological polar surface area (TPSA) is 80.7 Å². The van der Waals surface area contributed by atoms with Gasteiger partial charge in [-0.15, -0.1) is 10.2 Å². The molecule has 0 spiro atoms. The molecule has 154 valence electrons. The van der Waals surface area contributed by atoms with Gasteiger partial charge in [0.1, 0.15) is 17.2 Å². The highest BCUT2D eigenvalue weighted by molar-refractivity contribution is 7.99. The van der Waals surface area contributed by atoms with Crippen LogP contribution in [-0.4, -0.2) is 31.8 Å². The Morgan fingerprint density at radius 2 is 1.55 bits per heavy atom. The molecule has 2 aromatic carbocycles. The summed E-state index contributed by atoms with van der Waals surface area (Å²) >= 11 is 1.41. The predicted molar refractivity (Wildman–Crippen MR) is 124 cm³/mol. The van der Waals surface area contributed by atoms with E-state index in [9.17, 15) is 4.79 Å². The van der Waals surface area contributed by atoms with Crippen LogP contribution in [0.3, 0.4) is 0 Å². The Bertz CT molecular complexity index is 1170. The quantitative estimate of drug-likeness (QED) is 0.417. The number of carbonyl (C=O) groups excluding carboxylic acids is 1. The third kappa shape index (κ3) is 5.32. The van der Waals surface area contributed by atoms with Crippen LogP contribution in [0.15, 0.2) is 84.1 Å². The summed E-state index contributed by atoms with van der Waals surface area (Å²) < 4.78 is 0. The summed E-state index contributed by atoms with van der Waals surface area (Å²) in [5, 5.41) is 12.1. The van der Waals surface area contributed by atoms with Crippen molar-refractivity contribution >= 4 is 23.5 Å². The monoisotopic (exact) mass is 427 g/mol. The summed E-state index contributed by atoms with van der Waals surface area (Å²) in [6.45, 7) is 1.91. The minimum Gasteiger partial charge on any atom is -0.310 e. The van der Waals surface area contributed by atoms with Gasteiger partial charge in [-0.05, 0) is 18.6 Å². The van der Waals surface area contributed by atoms with Crippen LogP contribution in [0.1, 0.15) is 12.0 Å². The van der Waals surface area contributed by atoms with Crippen LogP contribution in [0.5, 0.6) is 0 Å². The van der Waals surface area contributed by atoms with Crippen LogP contribution >= 0.6 is 11.8 Å². The third-order valence-corrected chi connectivity index (χ3v) is 5.43. The van der Waals surface area contributed by atoms with Gasteiger partial charge in [-0.25, -0.2) is 9.97 Å². The van der Waals surface area contributed by atoms with Crippen molar-refractivity contribution in [1.82, 2.24) is 20.2 Å². The van der Waals surface area contributed by atoms with Crippen LogP contribution < -0.4 is 5.32 Å². The number of aryl methyl sites for hydroxylation is 1. The second-order valence-electron chi connectivity index (χ2n) is 6.84. The molecule has 0 aliphatic heterocycles. The maximum atomic E-state index is 12.3. The number of rotatable bonds is 7. The number of benzene rings is 2. The summed E-state index contributed by atoms with van der Waals surface area (Å²) in [6.07, 6.45) is 1.99. The molecule has 2 aromatic heterocycles. The summed E-state index contributed by atoms with van der Waals surface area (Å²) in [5.74, 6) is 1.04. The lowest BCUT2D eigenvalue weighted by molar-refractivity contribution is -0.115. The number of nitrogens with one attached hydrogen (secondary N) is 1. The van der Waals surface area contributed by atoms with Crippen molar-refractivity contribution in [3.8, 4) is 22.5 Å². The molecule has 1 amide bonds. The second-order valence-corrected chi connectivity index (χ2v) is 7.90. The van der Waals surface area contributed by atoms with Gasteiger partial charge in [0, 0.05) is 29.5 Å². The van der Waals surface area contributed by atoms with E-state index in [1.165, 1.54) is 11.8 Å². The Morgan fingerprint density at radius 3 is 2.23 bits per heavy atom. The van der Waals surface area contributed by atoms with Gasteiger partial charge < -0.3 is 5.32 Å². The molecular formula is C24H21N5OS. The fraction of sp³-hybridized carbons (Fsp3) is 0.125. The number of pyridine rings is 1. The molecule has 0 fully saturated rings. The number of anilines is 1. The van der Waals surface area contributed by atoms with Crippen molar-refractivity contribution in [3.63, 3.8) is 0 Å². The van der Waals surface area contributed by atoms with Crippen molar-refractivity contribution in [2.75, 3.05) is 11.1 Å². The SMILES string of the molecule is Cc1cccnc1NC(=O)CCSc1nnc(-c2ccccc2)c(-c2ccccc2)n1. The lowest BCUT2D eigenvalue weighted by Crippen LogP contribution is -2.14. The van der Waals surface area contributed by atoms with E-state index in [4.69, 9.17) is 4.98 Å². The van der Waals surface area contributed by atoms with Gasteiger partial charge in [0.25, 0.3) is 0 Å². The summed E-state index contributed by atoms with van der Waals surface area (Å²) in [4.78, 5) is 21.2. The Labute approximate surface area is 185 Å². The van der Waals surface area contributed by atoms with Gasteiger partial charge in [-0.2, -0.15) is 0 Å². The maximum absolute atomic E-state index is 12.3. The molecule has 0 atom stereocenters. The Hall–Kier alpha value is -3.58.